The van der Waals surface area contributed by atoms with Gasteiger partial charge in [0.05, 0.1) is 0 Å². The molecule has 0 aliphatic heterocycles. The van der Waals surface area contributed by atoms with E-state index in [1.807, 2.05) is 54.1 Å². The molecular formula is C19H24N2O2. The number of hydrogen-bond acceptors (Lipinski definition) is 2. The highest BCUT2D eigenvalue weighted by Crippen LogP contribution is 2.25. The molecule has 0 bridgehead atoms. The predicted octanol–water partition coefficient (Wildman–Crippen LogP) is 2.97. The number of amides is 1. The van der Waals surface area contributed by atoms with Gasteiger partial charge in [0.2, 0.25) is 0 Å². The maximum atomic E-state index is 12.5. The van der Waals surface area contributed by atoms with Gasteiger partial charge in [-0.3, -0.25) is 4.79 Å². The number of carbonyl (C=O) groups is 1. The van der Waals surface area contributed by atoms with Gasteiger partial charge in [0.25, 0.3) is 5.91 Å². The third kappa shape index (κ3) is 3.48. The molecule has 23 heavy (non-hydrogen) atoms. The molecule has 0 radical (unpaired) electrons. The Labute approximate surface area is 137 Å². The summed E-state index contributed by atoms with van der Waals surface area (Å²) in [6, 6.07) is 14.2. The maximum absolute atomic E-state index is 12.5. The van der Waals surface area contributed by atoms with Gasteiger partial charge in [-0.2, -0.15) is 0 Å². The Hall–Kier alpha value is -2.07. The number of aromatic nitrogens is 1. The van der Waals surface area contributed by atoms with Crippen molar-refractivity contribution in [2.45, 2.75) is 31.7 Å². The smallest absolute Gasteiger partial charge is 0.268 e. The van der Waals surface area contributed by atoms with Crippen LogP contribution in [-0.4, -0.2) is 28.2 Å². The highest BCUT2D eigenvalue weighted by molar-refractivity contribution is 5.94. The normalized spacial score (nSPS) is 21.1. The van der Waals surface area contributed by atoms with E-state index in [9.17, 15) is 9.90 Å². The molecule has 1 aromatic heterocycles. The molecule has 1 aliphatic rings. The standard InChI is InChI=1S/C19H24N2O2/c1-21-17(15-5-3-2-4-6-15)11-12-18(21)19(23)20-16-9-7-14(13-22)8-10-16/h2-6,11-12,14,16,22H,7-10,13H2,1H3,(H,20,23). The number of nitrogens with one attached hydrogen (secondary N) is 1. The molecule has 122 valence electrons. The van der Waals surface area contributed by atoms with Gasteiger partial charge in [0.1, 0.15) is 5.69 Å². The van der Waals surface area contributed by atoms with Crippen molar-refractivity contribution in [2.24, 2.45) is 13.0 Å². The molecule has 1 heterocycles. The molecule has 3 rings (SSSR count). The lowest BCUT2D eigenvalue weighted by Crippen LogP contribution is -2.38. The van der Waals surface area contributed by atoms with Crippen molar-refractivity contribution >= 4 is 5.91 Å². The molecule has 1 fully saturated rings. The van der Waals surface area contributed by atoms with Crippen LogP contribution in [0, 0.1) is 5.92 Å². The summed E-state index contributed by atoms with van der Waals surface area (Å²) in [6.07, 6.45) is 3.88. The number of nitrogens with zero attached hydrogens (tertiary/aromatic N) is 1. The fraction of sp³-hybridized carbons (Fsp3) is 0.421. The van der Waals surface area contributed by atoms with Crippen LogP contribution in [0.3, 0.4) is 0 Å². The molecule has 2 N–H and O–H groups in total. The number of aliphatic hydroxyl groups is 1. The minimum atomic E-state index is -0.0119. The molecular weight excluding hydrogens is 288 g/mol. The largest absolute Gasteiger partial charge is 0.396 e. The molecule has 0 atom stereocenters. The molecule has 1 aromatic carbocycles. The molecule has 0 spiro atoms. The van der Waals surface area contributed by atoms with Gasteiger partial charge in [-0.15, -0.1) is 0 Å². The van der Waals surface area contributed by atoms with Crippen LogP contribution in [0.15, 0.2) is 42.5 Å². The second kappa shape index (κ2) is 7.01. The van der Waals surface area contributed by atoms with E-state index < -0.39 is 0 Å². The van der Waals surface area contributed by atoms with Gasteiger partial charge in [0.15, 0.2) is 0 Å². The van der Waals surface area contributed by atoms with Gasteiger partial charge < -0.3 is 15.0 Å². The summed E-state index contributed by atoms with van der Waals surface area (Å²) in [4.78, 5) is 12.5. The van der Waals surface area contributed by atoms with E-state index in [4.69, 9.17) is 0 Å². The van der Waals surface area contributed by atoms with Gasteiger partial charge >= 0.3 is 0 Å². The number of rotatable bonds is 4. The van der Waals surface area contributed by atoms with Crippen LogP contribution in [-0.2, 0) is 7.05 Å². The molecule has 0 saturated heterocycles. The number of aliphatic hydroxyl groups excluding tert-OH is 1. The third-order valence-electron chi connectivity index (χ3n) is 4.86. The number of carbonyl (C=O) groups excluding carboxylic acids is 1. The van der Waals surface area contributed by atoms with E-state index in [-0.39, 0.29) is 18.6 Å². The van der Waals surface area contributed by atoms with E-state index in [2.05, 4.69) is 5.32 Å². The molecule has 1 aliphatic carbocycles. The summed E-state index contributed by atoms with van der Waals surface area (Å²) in [5.41, 5.74) is 2.84. The first-order valence-electron chi connectivity index (χ1n) is 8.32. The predicted molar refractivity (Wildman–Crippen MR) is 91.1 cm³/mol. The first kappa shape index (κ1) is 15.8. The Bertz CT molecular complexity index is 655. The zero-order valence-corrected chi connectivity index (χ0v) is 13.5. The maximum Gasteiger partial charge on any atom is 0.268 e. The molecule has 1 saturated carbocycles. The second-order valence-corrected chi connectivity index (χ2v) is 6.40. The van der Waals surface area contributed by atoms with E-state index in [1.165, 1.54) is 0 Å². The first-order valence-corrected chi connectivity index (χ1v) is 8.32. The van der Waals surface area contributed by atoms with Crippen LogP contribution in [0.2, 0.25) is 0 Å². The van der Waals surface area contributed by atoms with E-state index in [1.54, 1.807) is 0 Å². The van der Waals surface area contributed by atoms with Crippen LogP contribution in [0.4, 0.5) is 0 Å². The molecule has 1 amide bonds. The van der Waals surface area contributed by atoms with Crippen molar-refractivity contribution < 1.29 is 9.90 Å². The third-order valence-corrected chi connectivity index (χ3v) is 4.86. The molecule has 4 heteroatoms. The van der Waals surface area contributed by atoms with Crippen molar-refractivity contribution in [3.8, 4) is 11.3 Å². The van der Waals surface area contributed by atoms with Gasteiger partial charge in [0, 0.05) is 25.4 Å². The summed E-state index contributed by atoms with van der Waals surface area (Å²) in [6.45, 7) is 0.263. The summed E-state index contributed by atoms with van der Waals surface area (Å²) in [5, 5.41) is 12.3. The van der Waals surface area contributed by atoms with Crippen LogP contribution >= 0.6 is 0 Å². The zero-order chi connectivity index (χ0) is 16.2. The average molecular weight is 312 g/mol. The van der Waals surface area contributed by atoms with E-state index in [0.717, 1.165) is 36.9 Å². The Morgan fingerprint density at radius 3 is 2.48 bits per heavy atom. The van der Waals surface area contributed by atoms with Crippen molar-refractivity contribution in [3.63, 3.8) is 0 Å². The SMILES string of the molecule is Cn1c(C(=O)NC2CCC(CO)CC2)ccc1-c1ccccc1. The Morgan fingerprint density at radius 2 is 1.83 bits per heavy atom. The minimum Gasteiger partial charge on any atom is -0.396 e. The monoisotopic (exact) mass is 312 g/mol. The van der Waals surface area contributed by atoms with Crippen molar-refractivity contribution in [1.82, 2.24) is 9.88 Å². The van der Waals surface area contributed by atoms with Crippen molar-refractivity contribution in [1.29, 1.82) is 0 Å². The topological polar surface area (TPSA) is 54.3 Å². The van der Waals surface area contributed by atoms with Crippen molar-refractivity contribution in [3.05, 3.63) is 48.2 Å². The Kier molecular flexibility index (Phi) is 4.82. The number of benzene rings is 1. The zero-order valence-electron chi connectivity index (χ0n) is 13.5. The lowest BCUT2D eigenvalue weighted by atomic mass is 9.86. The van der Waals surface area contributed by atoms with Gasteiger partial charge in [-0.25, -0.2) is 0 Å². The summed E-state index contributed by atoms with van der Waals surface area (Å²) >= 11 is 0. The quantitative estimate of drug-likeness (QED) is 0.912. The lowest BCUT2D eigenvalue weighted by Gasteiger charge is -2.28. The first-order chi connectivity index (χ1) is 11.2. The van der Waals surface area contributed by atoms with E-state index in [0.29, 0.717) is 11.6 Å². The average Bonchev–Trinajstić information content (AvgIpc) is 2.98. The van der Waals surface area contributed by atoms with Gasteiger partial charge in [-0.05, 0) is 49.3 Å². The molecule has 0 unspecified atom stereocenters. The van der Waals surface area contributed by atoms with Gasteiger partial charge in [-0.1, -0.05) is 30.3 Å². The van der Waals surface area contributed by atoms with Crippen LogP contribution in [0.1, 0.15) is 36.2 Å². The van der Waals surface area contributed by atoms with Crippen LogP contribution in [0.25, 0.3) is 11.3 Å². The lowest BCUT2D eigenvalue weighted by molar-refractivity contribution is 0.0906. The Balaban J connectivity index is 1.68. The fourth-order valence-electron chi connectivity index (χ4n) is 3.39. The molecule has 2 aromatic rings. The van der Waals surface area contributed by atoms with E-state index >= 15 is 0 Å². The highest BCUT2D eigenvalue weighted by atomic mass is 16.3. The Morgan fingerprint density at radius 1 is 1.13 bits per heavy atom. The fourth-order valence-corrected chi connectivity index (χ4v) is 3.39. The minimum absolute atomic E-state index is 0.0119. The van der Waals surface area contributed by atoms with Crippen LogP contribution in [0.5, 0.6) is 0 Å². The summed E-state index contributed by atoms with van der Waals surface area (Å²) in [5.74, 6) is 0.394. The molecule has 4 nitrogen and oxygen atoms in total. The summed E-state index contributed by atoms with van der Waals surface area (Å²) in [7, 11) is 1.93. The van der Waals surface area contributed by atoms with Crippen molar-refractivity contribution in [2.75, 3.05) is 6.61 Å². The number of hydrogen-bond donors (Lipinski definition) is 2. The summed E-state index contributed by atoms with van der Waals surface area (Å²) < 4.78 is 1.95. The highest BCUT2D eigenvalue weighted by Gasteiger charge is 2.23. The second-order valence-electron chi connectivity index (χ2n) is 6.40. The van der Waals surface area contributed by atoms with Crippen LogP contribution < -0.4 is 5.32 Å².